The summed E-state index contributed by atoms with van der Waals surface area (Å²) in [6.45, 7) is 7.72. The van der Waals surface area contributed by atoms with Crippen LogP contribution in [-0.4, -0.2) is 81.9 Å². The molecule has 4 rings (SSSR count). The number of esters is 1. The van der Waals surface area contributed by atoms with Gasteiger partial charge in [-0.3, -0.25) is 5.32 Å². The summed E-state index contributed by atoms with van der Waals surface area (Å²) in [5.41, 5.74) is 1.58. The zero-order valence-electron chi connectivity index (χ0n) is 19.7. The molecule has 0 bridgehead atoms. The van der Waals surface area contributed by atoms with Crippen LogP contribution in [0.15, 0.2) is 0 Å². The van der Waals surface area contributed by atoms with Crippen molar-refractivity contribution in [3.63, 3.8) is 0 Å². The number of aromatic nitrogens is 3. The number of nitrogens with zero attached hydrogens (tertiary/aromatic N) is 5. The van der Waals surface area contributed by atoms with Crippen molar-refractivity contribution in [2.75, 3.05) is 67.7 Å². The highest BCUT2D eigenvalue weighted by atomic mass is 32.2. The summed E-state index contributed by atoms with van der Waals surface area (Å²) in [5, 5.41) is 8.72. The number of thiazole rings is 1. The van der Waals surface area contributed by atoms with Gasteiger partial charge >= 0.3 is 5.97 Å². The highest BCUT2D eigenvalue weighted by molar-refractivity contribution is 7.87. The third-order valence-electron chi connectivity index (χ3n) is 5.59. The molecular formula is C20H30N8O5S2. The smallest absolute Gasteiger partial charge is 0.350 e. The number of rotatable bonds is 9. The van der Waals surface area contributed by atoms with E-state index in [1.807, 2.05) is 4.90 Å². The molecule has 2 aliphatic rings. The van der Waals surface area contributed by atoms with Gasteiger partial charge in [0.15, 0.2) is 5.13 Å². The van der Waals surface area contributed by atoms with Crippen molar-refractivity contribution in [3.8, 4) is 0 Å². The number of fused-ring (bicyclic) bond motifs is 1. The second-order valence-corrected chi connectivity index (χ2v) is 10.5. The fraction of sp³-hybridized carbons (Fsp3) is 0.600. The molecule has 0 amide bonds. The van der Waals surface area contributed by atoms with Gasteiger partial charge in [-0.05, 0) is 26.7 Å². The Morgan fingerprint density at radius 1 is 1.20 bits per heavy atom. The van der Waals surface area contributed by atoms with Crippen LogP contribution in [0.1, 0.15) is 34.3 Å². The van der Waals surface area contributed by atoms with Crippen LogP contribution in [0, 0.1) is 6.92 Å². The molecule has 2 aliphatic heterocycles. The lowest BCUT2D eigenvalue weighted by Gasteiger charge is -2.35. The highest BCUT2D eigenvalue weighted by Gasteiger charge is 2.27. The summed E-state index contributed by atoms with van der Waals surface area (Å²) in [7, 11) is -3.78. The zero-order chi connectivity index (χ0) is 25.0. The number of hydrogen-bond donors (Lipinski definition) is 3. The molecule has 0 aromatic carbocycles. The Balaban J connectivity index is 1.65. The summed E-state index contributed by atoms with van der Waals surface area (Å²) < 4.78 is 35.6. The molecule has 0 unspecified atom stereocenters. The van der Waals surface area contributed by atoms with Crippen molar-refractivity contribution in [3.05, 3.63) is 16.1 Å². The van der Waals surface area contributed by atoms with E-state index in [0.717, 1.165) is 36.6 Å². The van der Waals surface area contributed by atoms with Crippen LogP contribution in [0.2, 0.25) is 0 Å². The average Bonchev–Trinajstić information content (AvgIpc) is 3.18. The molecule has 0 radical (unpaired) electrons. The molecule has 15 heteroatoms. The average molecular weight is 527 g/mol. The van der Waals surface area contributed by atoms with E-state index in [9.17, 15) is 13.2 Å². The molecule has 0 spiro atoms. The van der Waals surface area contributed by atoms with Crippen LogP contribution in [-0.2, 0) is 26.1 Å². The number of nitrogens with one attached hydrogen (secondary N) is 2. The maximum Gasteiger partial charge on any atom is 0.350 e. The lowest BCUT2D eigenvalue weighted by molar-refractivity contribution is 0.0531. The molecule has 4 N–H and O–H groups in total. The van der Waals surface area contributed by atoms with E-state index in [-0.39, 0.29) is 13.2 Å². The van der Waals surface area contributed by atoms with Crippen LogP contribution in [0.5, 0.6) is 0 Å². The van der Waals surface area contributed by atoms with E-state index in [4.69, 9.17) is 24.6 Å². The van der Waals surface area contributed by atoms with Gasteiger partial charge in [0.05, 0.1) is 25.5 Å². The lowest BCUT2D eigenvalue weighted by Crippen LogP contribution is -2.42. The van der Waals surface area contributed by atoms with Crippen molar-refractivity contribution in [1.29, 1.82) is 0 Å². The maximum absolute atomic E-state index is 12.2. The molecule has 2 aromatic heterocycles. The van der Waals surface area contributed by atoms with Crippen LogP contribution >= 0.6 is 11.3 Å². The number of anilines is 4. The lowest BCUT2D eigenvalue weighted by atomic mass is 10.1. The molecule has 1 saturated heterocycles. The number of nitrogens with two attached hydrogens (primary N) is 1. The fourth-order valence-electron chi connectivity index (χ4n) is 4.06. The Labute approximate surface area is 208 Å². The third kappa shape index (κ3) is 6.35. The van der Waals surface area contributed by atoms with Crippen molar-refractivity contribution in [2.24, 2.45) is 5.14 Å². The van der Waals surface area contributed by atoms with E-state index < -0.39 is 16.2 Å². The summed E-state index contributed by atoms with van der Waals surface area (Å²) in [6.07, 6.45) is 1.70. The van der Waals surface area contributed by atoms with Crippen LogP contribution in [0.3, 0.4) is 0 Å². The monoisotopic (exact) mass is 526 g/mol. The van der Waals surface area contributed by atoms with Gasteiger partial charge in [-0.2, -0.15) is 18.4 Å². The highest BCUT2D eigenvalue weighted by Crippen LogP contribution is 2.35. The standard InChI is InChI=1S/C20H30N8O5S2/c1-3-33-18(29)15-13(2)23-20(34-15)26-19-24-16-14(17(25-19)28-9-11-32-12-10-28)5-4-7-27(16)8-6-22-35(21,30)31/h22H,3-12H2,1-2H3,(H2,21,30,31)(H,23,24,25,26). The Morgan fingerprint density at radius 3 is 2.66 bits per heavy atom. The Hall–Kier alpha value is -2.59. The minimum atomic E-state index is -3.78. The number of ether oxygens (including phenoxy) is 2. The van der Waals surface area contributed by atoms with E-state index in [0.29, 0.717) is 54.5 Å². The third-order valence-corrected chi connectivity index (χ3v) is 7.25. The largest absolute Gasteiger partial charge is 0.462 e. The van der Waals surface area contributed by atoms with Crippen molar-refractivity contribution >= 4 is 50.2 Å². The predicted molar refractivity (Wildman–Crippen MR) is 133 cm³/mol. The fourth-order valence-corrected chi connectivity index (χ4v) is 5.29. The van der Waals surface area contributed by atoms with Gasteiger partial charge in [0.2, 0.25) is 5.95 Å². The normalized spacial score (nSPS) is 16.2. The molecule has 35 heavy (non-hydrogen) atoms. The van der Waals surface area contributed by atoms with Gasteiger partial charge in [0.25, 0.3) is 10.2 Å². The first-order chi connectivity index (χ1) is 16.7. The van der Waals surface area contributed by atoms with Crippen molar-refractivity contribution < 1.29 is 22.7 Å². The molecule has 1 fully saturated rings. The van der Waals surface area contributed by atoms with Crippen molar-refractivity contribution in [2.45, 2.75) is 26.7 Å². The van der Waals surface area contributed by atoms with Gasteiger partial charge in [0, 0.05) is 38.3 Å². The molecule has 0 atom stereocenters. The van der Waals surface area contributed by atoms with E-state index >= 15 is 0 Å². The predicted octanol–water partition coefficient (Wildman–Crippen LogP) is 0.544. The Morgan fingerprint density at radius 2 is 1.94 bits per heavy atom. The Kier molecular flexibility index (Phi) is 8.01. The number of carbonyl (C=O) groups excluding carboxylic acids is 1. The molecule has 0 saturated carbocycles. The van der Waals surface area contributed by atoms with Crippen molar-refractivity contribution in [1.82, 2.24) is 19.7 Å². The summed E-state index contributed by atoms with van der Waals surface area (Å²) >= 11 is 1.18. The van der Waals surface area contributed by atoms with Gasteiger partial charge in [-0.25, -0.2) is 19.6 Å². The minimum Gasteiger partial charge on any atom is -0.462 e. The molecule has 2 aromatic rings. The van der Waals surface area contributed by atoms with Crippen LogP contribution in [0.4, 0.5) is 22.7 Å². The van der Waals surface area contributed by atoms with Crippen LogP contribution < -0.4 is 25.0 Å². The topological polar surface area (TPSA) is 165 Å². The molecule has 0 aliphatic carbocycles. The molecule has 192 valence electrons. The molecule has 4 heterocycles. The first kappa shape index (κ1) is 25.5. The quantitative estimate of drug-likeness (QED) is 0.391. The summed E-state index contributed by atoms with van der Waals surface area (Å²) in [4.78, 5) is 30.9. The van der Waals surface area contributed by atoms with Gasteiger partial charge in [0.1, 0.15) is 16.5 Å². The van der Waals surface area contributed by atoms with Gasteiger partial charge in [-0.15, -0.1) is 0 Å². The second kappa shape index (κ2) is 11.0. The summed E-state index contributed by atoms with van der Waals surface area (Å²) in [5.74, 6) is 1.50. The number of aryl methyl sites for hydroxylation is 1. The van der Waals surface area contributed by atoms with E-state index in [1.54, 1.807) is 13.8 Å². The van der Waals surface area contributed by atoms with E-state index in [2.05, 4.69) is 19.9 Å². The number of carbonyl (C=O) groups is 1. The second-order valence-electron chi connectivity index (χ2n) is 8.08. The summed E-state index contributed by atoms with van der Waals surface area (Å²) in [6, 6.07) is 0. The zero-order valence-corrected chi connectivity index (χ0v) is 21.4. The molecular weight excluding hydrogens is 496 g/mol. The van der Waals surface area contributed by atoms with Gasteiger partial charge < -0.3 is 19.3 Å². The van der Waals surface area contributed by atoms with E-state index in [1.165, 1.54) is 11.3 Å². The first-order valence-corrected chi connectivity index (χ1v) is 13.8. The maximum atomic E-state index is 12.2. The SMILES string of the molecule is CCOC(=O)c1sc(Nc2nc3c(c(N4CCOCC4)n2)CCCN3CCNS(N)(=O)=O)nc1C. The van der Waals surface area contributed by atoms with Crippen LogP contribution in [0.25, 0.3) is 0 Å². The van der Waals surface area contributed by atoms with Gasteiger partial charge in [-0.1, -0.05) is 11.3 Å². The Bertz CT molecular complexity index is 1170. The number of morpholine rings is 1. The minimum absolute atomic E-state index is 0.159. The molecule has 13 nitrogen and oxygen atoms in total. The number of hydrogen-bond acceptors (Lipinski definition) is 12. The first-order valence-electron chi connectivity index (χ1n) is 11.4.